The van der Waals surface area contributed by atoms with Crippen molar-refractivity contribution in [3.05, 3.63) is 70.0 Å². The number of halogens is 1. The molecule has 0 spiro atoms. The molecule has 6 nitrogen and oxygen atoms in total. The van der Waals surface area contributed by atoms with Crippen LogP contribution in [-0.4, -0.2) is 41.3 Å². The zero-order valence-electron chi connectivity index (χ0n) is 16.6. The second-order valence-corrected chi connectivity index (χ2v) is 8.27. The number of rotatable bonds is 5. The SMILES string of the molecule is O=c1[nH]c2ccc(C3=NOC(CN4CCC(Cc5ccc(F)cc5)CC4)C3)cc2o1. The molecule has 2 aliphatic heterocycles. The van der Waals surface area contributed by atoms with Crippen molar-refractivity contribution >= 4 is 16.8 Å². The predicted molar refractivity (Wildman–Crippen MR) is 112 cm³/mol. The molecule has 0 amide bonds. The van der Waals surface area contributed by atoms with Crippen molar-refractivity contribution in [1.29, 1.82) is 0 Å². The maximum atomic E-state index is 13.1. The molecule has 156 valence electrons. The van der Waals surface area contributed by atoms with Crippen LogP contribution in [0, 0.1) is 11.7 Å². The van der Waals surface area contributed by atoms with E-state index in [0.29, 0.717) is 17.0 Å². The maximum Gasteiger partial charge on any atom is 0.417 e. The first-order valence-electron chi connectivity index (χ1n) is 10.4. The summed E-state index contributed by atoms with van der Waals surface area (Å²) >= 11 is 0. The summed E-state index contributed by atoms with van der Waals surface area (Å²) in [7, 11) is 0. The molecular formula is C23H24FN3O3. The van der Waals surface area contributed by atoms with Crippen molar-refractivity contribution in [1.82, 2.24) is 9.88 Å². The van der Waals surface area contributed by atoms with E-state index in [2.05, 4.69) is 15.0 Å². The number of piperidine rings is 1. The van der Waals surface area contributed by atoms with Crippen LogP contribution < -0.4 is 5.76 Å². The van der Waals surface area contributed by atoms with E-state index < -0.39 is 5.76 Å². The van der Waals surface area contributed by atoms with Gasteiger partial charge in [0, 0.05) is 18.5 Å². The van der Waals surface area contributed by atoms with E-state index in [1.165, 1.54) is 5.56 Å². The fraction of sp³-hybridized carbons (Fsp3) is 0.391. The molecule has 3 heterocycles. The van der Waals surface area contributed by atoms with Gasteiger partial charge in [0.2, 0.25) is 0 Å². The normalized spacial score (nSPS) is 20.4. The second kappa shape index (κ2) is 8.07. The fourth-order valence-corrected chi connectivity index (χ4v) is 4.44. The number of nitrogens with one attached hydrogen (secondary N) is 1. The van der Waals surface area contributed by atoms with Gasteiger partial charge in [-0.3, -0.25) is 9.88 Å². The number of oxime groups is 1. The summed E-state index contributed by atoms with van der Waals surface area (Å²) in [4.78, 5) is 22.1. The summed E-state index contributed by atoms with van der Waals surface area (Å²) < 4.78 is 18.2. The van der Waals surface area contributed by atoms with E-state index in [1.807, 2.05) is 30.3 Å². The minimum Gasteiger partial charge on any atom is -0.408 e. The number of fused-ring (bicyclic) bond motifs is 1. The predicted octanol–water partition coefficient (Wildman–Crippen LogP) is 3.71. The molecule has 7 heteroatoms. The van der Waals surface area contributed by atoms with Crippen LogP contribution in [0.15, 0.2) is 56.8 Å². The molecular weight excluding hydrogens is 385 g/mol. The van der Waals surface area contributed by atoms with Crippen LogP contribution in [-0.2, 0) is 11.3 Å². The molecule has 1 saturated heterocycles. The van der Waals surface area contributed by atoms with Gasteiger partial charge < -0.3 is 9.25 Å². The van der Waals surface area contributed by atoms with Crippen molar-refractivity contribution < 1.29 is 13.6 Å². The number of likely N-dealkylation sites (tertiary alicyclic amines) is 1. The van der Waals surface area contributed by atoms with Crippen LogP contribution in [0.4, 0.5) is 4.39 Å². The molecule has 30 heavy (non-hydrogen) atoms. The van der Waals surface area contributed by atoms with Gasteiger partial charge in [0.15, 0.2) is 5.58 Å². The molecule has 1 fully saturated rings. The zero-order chi connectivity index (χ0) is 20.5. The lowest BCUT2D eigenvalue weighted by molar-refractivity contribution is 0.0419. The van der Waals surface area contributed by atoms with Gasteiger partial charge in [0.1, 0.15) is 11.9 Å². The molecule has 2 aromatic carbocycles. The molecule has 3 aromatic rings. The number of aromatic nitrogens is 1. The minimum absolute atomic E-state index is 0.0441. The zero-order valence-corrected chi connectivity index (χ0v) is 16.6. The summed E-state index contributed by atoms with van der Waals surface area (Å²) in [6.07, 6.45) is 4.08. The van der Waals surface area contributed by atoms with Gasteiger partial charge >= 0.3 is 5.76 Å². The summed E-state index contributed by atoms with van der Waals surface area (Å²) in [5.41, 5.74) is 4.24. The number of oxazole rings is 1. The van der Waals surface area contributed by atoms with E-state index in [1.54, 1.807) is 12.1 Å². The third kappa shape index (κ3) is 4.16. The second-order valence-electron chi connectivity index (χ2n) is 8.27. The molecule has 1 aromatic heterocycles. The highest BCUT2D eigenvalue weighted by Crippen LogP contribution is 2.25. The Kier molecular flexibility index (Phi) is 5.12. The summed E-state index contributed by atoms with van der Waals surface area (Å²) in [5.74, 6) is 0.0162. The molecule has 2 aliphatic rings. The van der Waals surface area contributed by atoms with Gasteiger partial charge in [-0.25, -0.2) is 9.18 Å². The quantitative estimate of drug-likeness (QED) is 0.697. The van der Waals surface area contributed by atoms with Gasteiger partial charge in [-0.05, 0) is 68.1 Å². The van der Waals surface area contributed by atoms with Gasteiger partial charge in [-0.1, -0.05) is 23.4 Å². The molecule has 1 N–H and O–H groups in total. The third-order valence-corrected chi connectivity index (χ3v) is 6.09. The van der Waals surface area contributed by atoms with Gasteiger partial charge in [0.05, 0.1) is 11.2 Å². The van der Waals surface area contributed by atoms with E-state index in [9.17, 15) is 9.18 Å². The van der Waals surface area contributed by atoms with Crippen molar-refractivity contribution in [3.8, 4) is 0 Å². The van der Waals surface area contributed by atoms with E-state index >= 15 is 0 Å². The molecule has 1 atom stereocenters. The fourth-order valence-electron chi connectivity index (χ4n) is 4.44. The number of benzene rings is 2. The van der Waals surface area contributed by atoms with Crippen LogP contribution in [0.25, 0.3) is 11.1 Å². The number of hydrogen-bond acceptors (Lipinski definition) is 5. The van der Waals surface area contributed by atoms with Crippen molar-refractivity contribution in [2.75, 3.05) is 19.6 Å². The Bertz CT molecular complexity index is 1110. The highest BCUT2D eigenvalue weighted by molar-refractivity contribution is 6.03. The van der Waals surface area contributed by atoms with E-state index in [0.717, 1.165) is 56.6 Å². The summed E-state index contributed by atoms with van der Waals surface area (Å²) in [5, 5.41) is 4.27. The van der Waals surface area contributed by atoms with Crippen LogP contribution in [0.3, 0.4) is 0 Å². The Hall–Kier alpha value is -2.93. The molecule has 0 radical (unpaired) electrons. The van der Waals surface area contributed by atoms with Crippen molar-refractivity contribution in [2.24, 2.45) is 11.1 Å². The van der Waals surface area contributed by atoms with Crippen LogP contribution in [0.1, 0.15) is 30.4 Å². The van der Waals surface area contributed by atoms with Gasteiger partial charge in [-0.2, -0.15) is 0 Å². The largest absolute Gasteiger partial charge is 0.417 e. The Balaban J connectivity index is 1.12. The standard InChI is InChI=1S/C23H24FN3O3/c24-18-4-1-15(2-5-18)11-16-7-9-27(10-8-16)14-19-13-21(26-30-19)17-3-6-20-22(12-17)29-23(28)25-20/h1-6,12,16,19H,7-11,13-14H2,(H,25,28). The van der Waals surface area contributed by atoms with Crippen LogP contribution >= 0.6 is 0 Å². The Morgan fingerprint density at radius 3 is 2.73 bits per heavy atom. The lowest BCUT2D eigenvalue weighted by atomic mass is 9.90. The van der Waals surface area contributed by atoms with Gasteiger partial charge in [0.25, 0.3) is 0 Å². The molecule has 0 aliphatic carbocycles. The number of aromatic amines is 1. The van der Waals surface area contributed by atoms with Crippen LogP contribution in [0.5, 0.6) is 0 Å². The smallest absolute Gasteiger partial charge is 0.408 e. The summed E-state index contributed by atoms with van der Waals surface area (Å²) in [6, 6.07) is 12.5. The lowest BCUT2D eigenvalue weighted by Crippen LogP contribution is -2.39. The van der Waals surface area contributed by atoms with Crippen molar-refractivity contribution in [3.63, 3.8) is 0 Å². The number of nitrogens with zero attached hydrogens (tertiary/aromatic N) is 2. The molecule has 0 saturated carbocycles. The third-order valence-electron chi connectivity index (χ3n) is 6.09. The van der Waals surface area contributed by atoms with Gasteiger partial charge in [-0.15, -0.1) is 0 Å². The Morgan fingerprint density at radius 2 is 1.93 bits per heavy atom. The monoisotopic (exact) mass is 409 g/mol. The Labute approximate surface area is 173 Å². The molecule has 5 rings (SSSR count). The Morgan fingerprint density at radius 1 is 1.13 bits per heavy atom. The number of hydrogen-bond donors (Lipinski definition) is 1. The first-order valence-corrected chi connectivity index (χ1v) is 10.4. The maximum absolute atomic E-state index is 13.1. The van der Waals surface area contributed by atoms with Crippen molar-refractivity contribution in [2.45, 2.75) is 31.8 Å². The average Bonchev–Trinajstić information content (AvgIpc) is 3.36. The first kappa shape index (κ1) is 19.1. The van der Waals surface area contributed by atoms with E-state index in [4.69, 9.17) is 9.25 Å². The van der Waals surface area contributed by atoms with Crippen LogP contribution in [0.2, 0.25) is 0 Å². The van der Waals surface area contributed by atoms with E-state index in [-0.39, 0.29) is 11.9 Å². The topological polar surface area (TPSA) is 70.8 Å². The number of H-pyrrole nitrogens is 1. The lowest BCUT2D eigenvalue weighted by Gasteiger charge is -2.33. The molecule has 1 unspecified atom stereocenters. The highest BCUT2D eigenvalue weighted by Gasteiger charge is 2.27. The first-order chi connectivity index (χ1) is 14.6. The minimum atomic E-state index is -0.451. The summed E-state index contributed by atoms with van der Waals surface area (Å²) in [6.45, 7) is 2.95. The average molecular weight is 409 g/mol. The molecule has 0 bridgehead atoms. The highest BCUT2D eigenvalue weighted by atomic mass is 19.1.